The Kier molecular flexibility index (Phi) is 8.14. The van der Waals surface area contributed by atoms with Gasteiger partial charge in [0.1, 0.15) is 5.75 Å². The largest absolute Gasteiger partial charge is 0.496 e. The molecular weight excluding hydrogens is 483 g/mol. The van der Waals surface area contributed by atoms with Crippen molar-refractivity contribution in [2.45, 2.75) is 51.4 Å². The molecule has 3 aromatic rings. The maximum atomic E-state index is 13.1. The molecule has 2 heterocycles. The van der Waals surface area contributed by atoms with E-state index in [9.17, 15) is 18.0 Å². The van der Waals surface area contributed by atoms with Gasteiger partial charge in [-0.3, -0.25) is 4.90 Å². The molecule has 5 rings (SSSR count). The zero-order valence-electron chi connectivity index (χ0n) is 21.2. The molecule has 2 fully saturated rings. The lowest BCUT2D eigenvalue weighted by Crippen LogP contribution is -2.46. The summed E-state index contributed by atoms with van der Waals surface area (Å²) in [6.07, 6.45) is 0.150. The number of methoxy groups -OCH3 is 1. The molecule has 6 nitrogen and oxygen atoms in total. The summed E-state index contributed by atoms with van der Waals surface area (Å²) >= 11 is 0. The van der Waals surface area contributed by atoms with E-state index in [0.717, 1.165) is 49.3 Å². The van der Waals surface area contributed by atoms with Crippen molar-refractivity contribution in [1.82, 2.24) is 15.2 Å². The lowest BCUT2D eigenvalue weighted by atomic mass is 10.00. The van der Waals surface area contributed by atoms with E-state index in [0.29, 0.717) is 5.56 Å². The van der Waals surface area contributed by atoms with Gasteiger partial charge in [-0.25, -0.2) is 4.79 Å². The fraction of sp³-hybridized carbons (Fsp3) is 0.464. The normalized spacial score (nSPS) is 17.8. The highest BCUT2D eigenvalue weighted by molar-refractivity contribution is 5.88. The van der Waals surface area contributed by atoms with Crippen molar-refractivity contribution in [3.8, 4) is 5.75 Å². The highest BCUT2D eigenvalue weighted by atomic mass is 19.4. The average molecular weight is 518 g/mol. The zero-order chi connectivity index (χ0) is 26.6. The van der Waals surface area contributed by atoms with Crippen molar-refractivity contribution >= 4 is 16.9 Å². The molecule has 0 unspecified atom stereocenters. The van der Waals surface area contributed by atoms with Crippen LogP contribution < -0.4 is 10.1 Å². The molecule has 37 heavy (non-hydrogen) atoms. The maximum absolute atomic E-state index is 13.1. The number of carboxylic acids is 1. The number of nitrogens with one attached hydrogen (secondary N) is 2. The highest BCUT2D eigenvalue weighted by Gasteiger charge is 2.62. The van der Waals surface area contributed by atoms with Crippen LogP contribution in [0.4, 0.5) is 13.2 Å². The SMILES string of the molecule is COc1cc(C)c2[nH]ccc2c1CN1CCC(NCC2(C(F)(F)F)CC2)CC1.O=C(O)c1ccccc1. The fourth-order valence-electron chi connectivity index (χ4n) is 4.93. The number of aromatic carboxylic acids is 1. The van der Waals surface area contributed by atoms with E-state index < -0.39 is 17.6 Å². The van der Waals surface area contributed by atoms with Gasteiger partial charge in [-0.05, 0) is 75.5 Å². The Balaban J connectivity index is 0.000000301. The predicted octanol–water partition coefficient (Wildman–Crippen LogP) is 5.77. The Morgan fingerprint density at radius 3 is 2.41 bits per heavy atom. The van der Waals surface area contributed by atoms with Gasteiger partial charge in [0.15, 0.2) is 0 Å². The number of aromatic amines is 1. The van der Waals surface area contributed by atoms with Gasteiger partial charge in [-0.15, -0.1) is 0 Å². The van der Waals surface area contributed by atoms with Crippen molar-refractivity contribution in [2.75, 3.05) is 26.7 Å². The zero-order valence-corrected chi connectivity index (χ0v) is 21.2. The number of aromatic nitrogens is 1. The molecule has 1 aliphatic carbocycles. The number of alkyl halides is 3. The Labute approximate surface area is 214 Å². The number of rotatable bonds is 7. The van der Waals surface area contributed by atoms with Gasteiger partial charge in [0.2, 0.25) is 0 Å². The molecule has 3 N–H and O–H groups in total. The number of halogens is 3. The van der Waals surface area contributed by atoms with Crippen LogP contribution in [-0.4, -0.2) is 59.9 Å². The predicted molar refractivity (Wildman–Crippen MR) is 137 cm³/mol. The monoisotopic (exact) mass is 517 g/mol. The lowest BCUT2D eigenvalue weighted by molar-refractivity contribution is -0.186. The highest BCUT2D eigenvalue weighted by Crippen LogP contribution is 2.57. The second-order valence-corrected chi connectivity index (χ2v) is 10.0. The molecule has 2 aromatic carbocycles. The molecule has 1 saturated carbocycles. The third-order valence-electron chi connectivity index (χ3n) is 7.51. The number of hydrogen-bond donors (Lipinski definition) is 3. The van der Waals surface area contributed by atoms with Crippen LogP contribution in [0.25, 0.3) is 10.9 Å². The molecule has 1 aromatic heterocycles. The summed E-state index contributed by atoms with van der Waals surface area (Å²) in [7, 11) is 1.70. The van der Waals surface area contributed by atoms with Gasteiger partial charge in [-0.1, -0.05) is 18.2 Å². The molecule has 0 bridgehead atoms. The van der Waals surface area contributed by atoms with Crippen molar-refractivity contribution in [3.63, 3.8) is 0 Å². The van der Waals surface area contributed by atoms with Crippen LogP contribution in [0.15, 0.2) is 48.7 Å². The number of carboxylic acid groups (broad SMARTS) is 1. The topological polar surface area (TPSA) is 77.6 Å². The summed E-state index contributed by atoms with van der Waals surface area (Å²) in [6, 6.07) is 12.6. The van der Waals surface area contributed by atoms with Crippen LogP contribution in [0.1, 0.15) is 47.2 Å². The van der Waals surface area contributed by atoms with Gasteiger partial charge >= 0.3 is 12.1 Å². The summed E-state index contributed by atoms with van der Waals surface area (Å²) in [5.74, 6) is 0.0151. The standard InChI is InChI=1S/C21H28F3N3O.C7H6O2/c1-14-11-18(28-2)17(16-3-8-25-19(14)16)12-27-9-4-15(5-10-27)26-13-20(6-7-20)21(22,23)24;8-7(9)6-4-2-1-3-5-6/h3,8,11,15,25-26H,4-7,9-10,12-13H2,1-2H3;1-5H,(H,8,9). The Morgan fingerprint density at radius 1 is 1.19 bits per heavy atom. The molecule has 0 radical (unpaired) electrons. The lowest BCUT2D eigenvalue weighted by Gasteiger charge is -2.34. The number of benzene rings is 2. The number of carbonyl (C=O) groups is 1. The van der Waals surface area contributed by atoms with E-state index >= 15 is 0 Å². The first-order valence-corrected chi connectivity index (χ1v) is 12.6. The molecule has 1 aliphatic heterocycles. The van der Waals surface area contributed by atoms with Crippen LogP contribution >= 0.6 is 0 Å². The van der Waals surface area contributed by atoms with E-state index in [1.807, 2.05) is 6.20 Å². The van der Waals surface area contributed by atoms with Gasteiger partial charge in [0.25, 0.3) is 0 Å². The second-order valence-electron chi connectivity index (χ2n) is 10.0. The molecular formula is C28H34F3N3O3. The summed E-state index contributed by atoms with van der Waals surface area (Å²) < 4.78 is 44.9. The molecule has 2 aliphatic rings. The number of piperidine rings is 1. The number of aryl methyl sites for hydroxylation is 1. The number of hydrogen-bond acceptors (Lipinski definition) is 4. The average Bonchev–Trinajstić information content (AvgIpc) is 3.54. The summed E-state index contributed by atoms with van der Waals surface area (Å²) in [5, 5.41) is 12.8. The van der Waals surface area contributed by atoms with Crippen LogP contribution in [0.5, 0.6) is 5.75 Å². The number of H-pyrrole nitrogens is 1. The summed E-state index contributed by atoms with van der Waals surface area (Å²) in [5.41, 5.74) is 2.33. The smallest absolute Gasteiger partial charge is 0.395 e. The first kappa shape index (κ1) is 27.0. The van der Waals surface area contributed by atoms with Crippen molar-refractivity contribution in [3.05, 3.63) is 65.4 Å². The number of nitrogens with zero attached hydrogens (tertiary/aromatic N) is 1. The Bertz CT molecular complexity index is 1200. The third kappa shape index (κ3) is 6.27. The van der Waals surface area contributed by atoms with Crippen LogP contribution in [0.2, 0.25) is 0 Å². The van der Waals surface area contributed by atoms with E-state index in [4.69, 9.17) is 9.84 Å². The van der Waals surface area contributed by atoms with Crippen LogP contribution in [0.3, 0.4) is 0 Å². The second kappa shape index (κ2) is 11.1. The minimum Gasteiger partial charge on any atom is -0.496 e. The Hall–Kier alpha value is -3.04. The van der Waals surface area contributed by atoms with Gasteiger partial charge in [0.05, 0.1) is 18.1 Å². The van der Waals surface area contributed by atoms with Gasteiger partial charge in [-0.2, -0.15) is 13.2 Å². The fourth-order valence-corrected chi connectivity index (χ4v) is 4.93. The van der Waals surface area contributed by atoms with Gasteiger partial charge < -0.3 is 20.1 Å². The number of fused-ring (bicyclic) bond motifs is 1. The number of ether oxygens (including phenoxy) is 1. The first-order valence-electron chi connectivity index (χ1n) is 12.6. The minimum absolute atomic E-state index is 0.0664. The first-order chi connectivity index (χ1) is 17.6. The minimum atomic E-state index is -4.08. The molecule has 0 spiro atoms. The molecule has 200 valence electrons. The molecule has 0 amide bonds. The van der Waals surface area contributed by atoms with Crippen molar-refractivity contribution in [2.24, 2.45) is 5.41 Å². The van der Waals surface area contributed by atoms with Crippen LogP contribution in [-0.2, 0) is 6.54 Å². The quantitative estimate of drug-likeness (QED) is 0.371. The van der Waals surface area contributed by atoms with Crippen LogP contribution in [0, 0.1) is 12.3 Å². The number of likely N-dealkylation sites (tertiary alicyclic amines) is 1. The van der Waals surface area contributed by atoms with Crippen molar-refractivity contribution in [1.29, 1.82) is 0 Å². The maximum Gasteiger partial charge on any atom is 0.395 e. The Morgan fingerprint density at radius 2 is 1.86 bits per heavy atom. The summed E-state index contributed by atoms with van der Waals surface area (Å²) in [6.45, 7) is 4.67. The third-order valence-corrected chi connectivity index (χ3v) is 7.51. The molecule has 1 saturated heterocycles. The molecule has 0 atom stereocenters. The van der Waals surface area contributed by atoms with E-state index in [1.54, 1.807) is 37.4 Å². The van der Waals surface area contributed by atoms with Crippen molar-refractivity contribution < 1.29 is 27.8 Å². The van der Waals surface area contributed by atoms with E-state index in [-0.39, 0.29) is 25.4 Å². The van der Waals surface area contributed by atoms with Gasteiger partial charge in [0, 0.05) is 41.8 Å². The van der Waals surface area contributed by atoms with E-state index in [2.05, 4.69) is 34.3 Å². The van der Waals surface area contributed by atoms with E-state index in [1.165, 1.54) is 10.9 Å². The summed E-state index contributed by atoms with van der Waals surface area (Å²) in [4.78, 5) is 15.9. The molecule has 9 heteroatoms.